The van der Waals surface area contributed by atoms with Gasteiger partial charge in [-0.3, -0.25) is 0 Å². The molecule has 5 nitrogen and oxygen atoms in total. The van der Waals surface area contributed by atoms with Gasteiger partial charge < -0.3 is 4.57 Å². The van der Waals surface area contributed by atoms with Crippen molar-refractivity contribution in [2.75, 3.05) is 0 Å². The van der Waals surface area contributed by atoms with Gasteiger partial charge in [-0.05, 0) is 53.6 Å². The SMILES string of the molecule is N#Cc1ccc2c(c1)c1ccccc1n2-c1ccc(-c2cccc3c2sc2ccccc23)cc1-c1nc(-c2ccccc2)nc(-c2ccccc2)n1. The van der Waals surface area contributed by atoms with Crippen molar-refractivity contribution in [2.45, 2.75) is 0 Å². The highest BCUT2D eigenvalue weighted by atomic mass is 32.1. The van der Waals surface area contributed by atoms with E-state index in [9.17, 15) is 5.26 Å². The molecule has 6 heteroatoms. The lowest BCUT2D eigenvalue weighted by atomic mass is 9.99. The number of fused-ring (bicyclic) bond motifs is 6. The molecule has 0 aliphatic carbocycles. The van der Waals surface area contributed by atoms with Crippen molar-refractivity contribution in [3.8, 4) is 57.0 Å². The molecule has 0 aliphatic rings. The van der Waals surface area contributed by atoms with E-state index in [0.29, 0.717) is 23.0 Å². The molecule has 3 aromatic heterocycles. The molecule has 0 atom stereocenters. The van der Waals surface area contributed by atoms with Crippen LogP contribution in [0, 0.1) is 11.3 Å². The molecule has 0 N–H and O–H groups in total. The first kappa shape index (κ1) is 29.9. The molecule has 242 valence electrons. The van der Waals surface area contributed by atoms with Crippen molar-refractivity contribution in [3.05, 3.63) is 169 Å². The Balaban J connectivity index is 1.30. The summed E-state index contributed by atoms with van der Waals surface area (Å²) in [6.45, 7) is 0. The summed E-state index contributed by atoms with van der Waals surface area (Å²) in [5.74, 6) is 1.79. The summed E-state index contributed by atoms with van der Waals surface area (Å²) < 4.78 is 4.79. The Bertz CT molecular complexity index is 2970. The molecule has 0 unspecified atom stereocenters. The second-order valence-corrected chi connectivity index (χ2v) is 13.8. The fourth-order valence-electron chi connectivity index (χ4n) is 7.28. The second-order valence-electron chi connectivity index (χ2n) is 12.7. The molecule has 0 amide bonds. The van der Waals surface area contributed by atoms with Crippen LogP contribution >= 0.6 is 11.3 Å². The third-order valence-electron chi connectivity index (χ3n) is 9.69. The molecular weight excluding hydrogens is 655 g/mol. The minimum atomic E-state index is 0.577. The molecule has 3 heterocycles. The topological polar surface area (TPSA) is 67.4 Å². The predicted octanol–water partition coefficient (Wildman–Crippen LogP) is 11.9. The van der Waals surface area contributed by atoms with Crippen LogP contribution in [0.4, 0.5) is 0 Å². The first-order valence-electron chi connectivity index (χ1n) is 17.1. The summed E-state index contributed by atoms with van der Waals surface area (Å²) in [7, 11) is 0. The van der Waals surface area contributed by atoms with Crippen molar-refractivity contribution >= 4 is 53.3 Å². The first-order valence-corrected chi connectivity index (χ1v) is 17.9. The van der Waals surface area contributed by atoms with Crippen LogP contribution in [0.2, 0.25) is 0 Å². The number of hydrogen-bond acceptors (Lipinski definition) is 5. The van der Waals surface area contributed by atoms with E-state index in [2.05, 4.69) is 89.5 Å². The van der Waals surface area contributed by atoms with Crippen LogP contribution in [0.25, 0.3) is 93.0 Å². The van der Waals surface area contributed by atoms with E-state index in [4.69, 9.17) is 15.0 Å². The normalized spacial score (nSPS) is 11.4. The Hall–Kier alpha value is -6.94. The molecule has 0 fully saturated rings. The molecule has 0 bridgehead atoms. The van der Waals surface area contributed by atoms with Crippen LogP contribution in [0.1, 0.15) is 5.56 Å². The summed E-state index contributed by atoms with van der Waals surface area (Å²) in [5.41, 5.74) is 8.54. The number of thiophene rings is 1. The molecule has 0 saturated carbocycles. The van der Waals surface area contributed by atoms with Gasteiger partial charge in [-0.2, -0.15) is 5.26 Å². The fraction of sp³-hybridized carbons (Fsp3) is 0. The van der Waals surface area contributed by atoms with Crippen molar-refractivity contribution in [1.82, 2.24) is 19.5 Å². The summed E-state index contributed by atoms with van der Waals surface area (Å²) in [5, 5.41) is 14.4. The van der Waals surface area contributed by atoms with Crippen molar-refractivity contribution in [2.24, 2.45) is 0 Å². The lowest BCUT2D eigenvalue weighted by molar-refractivity contribution is 1.06. The Kier molecular flexibility index (Phi) is 6.98. The van der Waals surface area contributed by atoms with Gasteiger partial charge in [-0.1, -0.05) is 121 Å². The Labute approximate surface area is 303 Å². The van der Waals surface area contributed by atoms with E-state index in [1.54, 1.807) is 0 Å². The molecule has 10 rings (SSSR count). The van der Waals surface area contributed by atoms with Gasteiger partial charge in [-0.15, -0.1) is 11.3 Å². The van der Waals surface area contributed by atoms with Gasteiger partial charge in [-0.25, -0.2) is 15.0 Å². The van der Waals surface area contributed by atoms with E-state index < -0.39 is 0 Å². The quantitative estimate of drug-likeness (QED) is 0.181. The van der Waals surface area contributed by atoms with Crippen LogP contribution in [0.3, 0.4) is 0 Å². The molecule has 0 spiro atoms. The lowest BCUT2D eigenvalue weighted by Crippen LogP contribution is -2.04. The summed E-state index contributed by atoms with van der Waals surface area (Å²) in [6.07, 6.45) is 0. The zero-order valence-electron chi connectivity index (χ0n) is 27.7. The molecule has 10 aromatic rings. The zero-order chi connectivity index (χ0) is 34.6. The van der Waals surface area contributed by atoms with Crippen LogP contribution < -0.4 is 0 Å². The number of hydrogen-bond donors (Lipinski definition) is 0. The standard InChI is InChI=1S/C46H27N5S/c47-28-29-22-24-40-37(26-29)34-16-7-9-20-39(34)51(40)41-25-23-32(33-18-11-19-36-35-17-8-10-21-42(35)52-43(33)36)27-38(41)46-49-44(30-12-3-1-4-13-30)48-45(50-46)31-14-5-2-6-15-31/h1-27H. The number of benzene rings is 7. The number of rotatable bonds is 5. The zero-order valence-corrected chi connectivity index (χ0v) is 28.5. The van der Waals surface area contributed by atoms with E-state index in [1.807, 2.05) is 96.3 Å². The van der Waals surface area contributed by atoms with Crippen LogP contribution in [0.5, 0.6) is 0 Å². The third-order valence-corrected chi connectivity index (χ3v) is 10.9. The molecule has 0 radical (unpaired) electrons. The Morgan fingerprint density at radius 2 is 1.10 bits per heavy atom. The summed E-state index contributed by atoms with van der Waals surface area (Å²) in [6, 6.07) is 58.6. The van der Waals surface area contributed by atoms with Gasteiger partial charge in [0.15, 0.2) is 17.5 Å². The predicted molar refractivity (Wildman–Crippen MR) is 214 cm³/mol. The highest BCUT2D eigenvalue weighted by Gasteiger charge is 2.21. The number of nitrogens with zero attached hydrogens (tertiary/aromatic N) is 5. The molecular formula is C46H27N5S. The van der Waals surface area contributed by atoms with Crippen molar-refractivity contribution in [3.63, 3.8) is 0 Å². The van der Waals surface area contributed by atoms with Gasteiger partial charge in [0.2, 0.25) is 0 Å². The molecule has 0 saturated heterocycles. The van der Waals surface area contributed by atoms with Crippen LogP contribution in [-0.4, -0.2) is 19.5 Å². The van der Waals surface area contributed by atoms with Crippen molar-refractivity contribution < 1.29 is 0 Å². The average molecular weight is 682 g/mol. The van der Waals surface area contributed by atoms with E-state index in [-0.39, 0.29) is 0 Å². The first-order chi connectivity index (χ1) is 25.7. The van der Waals surface area contributed by atoms with Gasteiger partial charge >= 0.3 is 0 Å². The molecule has 52 heavy (non-hydrogen) atoms. The maximum atomic E-state index is 9.81. The number of aromatic nitrogens is 4. The van der Waals surface area contributed by atoms with Gasteiger partial charge in [0.25, 0.3) is 0 Å². The largest absolute Gasteiger partial charge is 0.308 e. The second kappa shape index (κ2) is 12.1. The van der Waals surface area contributed by atoms with E-state index >= 15 is 0 Å². The highest BCUT2D eigenvalue weighted by Crippen LogP contribution is 2.43. The molecule has 7 aromatic carbocycles. The lowest BCUT2D eigenvalue weighted by Gasteiger charge is -2.16. The number of para-hydroxylation sites is 1. The minimum absolute atomic E-state index is 0.577. The Morgan fingerprint density at radius 3 is 1.85 bits per heavy atom. The fourth-order valence-corrected chi connectivity index (χ4v) is 8.52. The maximum Gasteiger partial charge on any atom is 0.166 e. The van der Waals surface area contributed by atoms with E-state index in [0.717, 1.165) is 55.3 Å². The third kappa shape index (κ3) is 4.87. The average Bonchev–Trinajstić information content (AvgIpc) is 3.77. The van der Waals surface area contributed by atoms with E-state index in [1.165, 1.54) is 20.2 Å². The van der Waals surface area contributed by atoms with Crippen LogP contribution in [0.15, 0.2) is 164 Å². The highest BCUT2D eigenvalue weighted by molar-refractivity contribution is 7.26. The monoisotopic (exact) mass is 681 g/mol. The van der Waals surface area contributed by atoms with Gasteiger partial charge in [0, 0.05) is 47.6 Å². The maximum absolute atomic E-state index is 9.81. The number of nitriles is 1. The van der Waals surface area contributed by atoms with Crippen LogP contribution in [-0.2, 0) is 0 Å². The Morgan fingerprint density at radius 1 is 0.462 bits per heavy atom. The summed E-state index contributed by atoms with van der Waals surface area (Å²) in [4.78, 5) is 15.4. The molecule has 0 aliphatic heterocycles. The smallest absolute Gasteiger partial charge is 0.166 e. The minimum Gasteiger partial charge on any atom is -0.308 e. The van der Waals surface area contributed by atoms with Crippen molar-refractivity contribution in [1.29, 1.82) is 5.26 Å². The van der Waals surface area contributed by atoms with Gasteiger partial charge in [0.05, 0.1) is 28.4 Å². The summed E-state index contributed by atoms with van der Waals surface area (Å²) >= 11 is 1.82. The van der Waals surface area contributed by atoms with Gasteiger partial charge in [0.1, 0.15) is 0 Å².